The topological polar surface area (TPSA) is 64.0 Å². The predicted octanol–water partition coefficient (Wildman–Crippen LogP) is 4.69. The molecule has 0 aliphatic carbocycles. The summed E-state index contributed by atoms with van der Waals surface area (Å²) in [5.74, 6) is 0.160. The van der Waals surface area contributed by atoms with Crippen LogP contribution in [0.2, 0.25) is 0 Å². The maximum absolute atomic E-state index is 13.0. The van der Waals surface area contributed by atoms with E-state index in [9.17, 15) is 9.59 Å². The molecule has 0 aromatic carbocycles. The first kappa shape index (κ1) is 20.1. The van der Waals surface area contributed by atoms with E-state index < -0.39 is 0 Å². The fraction of sp³-hybridized carbons (Fsp3) is 0.421. The van der Waals surface area contributed by atoms with E-state index in [1.807, 2.05) is 52.1 Å². The first-order valence-corrected chi connectivity index (χ1v) is 11.5. The second-order valence-corrected chi connectivity index (χ2v) is 9.84. The Labute approximate surface area is 170 Å². The van der Waals surface area contributed by atoms with Gasteiger partial charge in [-0.15, -0.1) is 22.7 Å². The van der Waals surface area contributed by atoms with Gasteiger partial charge in [0.1, 0.15) is 4.83 Å². The average Bonchev–Trinajstić information content (AvgIpc) is 3.22. The molecule has 1 atom stereocenters. The minimum absolute atomic E-state index is 0.0216. The average molecular weight is 422 g/mol. The molecule has 5 nitrogen and oxygen atoms in total. The van der Waals surface area contributed by atoms with Crippen LogP contribution in [0.15, 0.2) is 27.5 Å². The summed E-state index contributed by atoms with van der Waals surface area (Å²) in [6, 6.07) is 3.94. The number of hydrogen-bond donors (Lipinski definition) is 1. The molecule has 1 N–H and O–H groups in total. The number of aromatic nitrogens is 2. The van der Waals surface area contributed by atoms with Crippen LogP contribution in [0.1, 0.15) is 48.2 Å². The van der Waals surface area contributed by atoms with Crippen LogP contribution in [0.3, 0.4) is 0 Å². The van der Waals surface area contributed by atoms with Crippen molar-refractivity contribution in [1.29, 1.82) is 0 Å². The Morgan fingerprint density at radius 3 is 2.70 bits per heavy atom. The lowest BCUT2D eigenvalue weighted by molar-refractivity contribution is -0.119. The van der Waals surface area contributed by atoms with Crippen molar-refractivity contribution in [1.82, 2.24) is 14.9 Å². The van der Waals surface area contributed by atoms with Crippen molar-refractivity contribution in [3.8, 4) is 0 Å². The second-order valence-electron chi connectivity index (χ2n) is 6.72. The maximum atomic E-state index is 13.0. The summed E-state index contributed by atoms with van der Waals surface area (Å²) in [4.78, 5) is 33.1. The molecule has 144 valence electrons. The quantitative estimate of drug-likeness (QED) is 0.463. The number of nitrogens with one attached hydrogen (secondary N) is 1. The predicted molar refractivity (Wildman–Crippen MR) is 115 cm³/mol. The highest BCUT2D eigenvalue weighted by atomic mass is 32.2. The molecular formula is C19H23N3O2S3. The molecule has 0 aliphatic heterocycles. The van der Waals surface area contributed by atoms with Gasteiger partial charge < -0.3 is 5.32 Å². The molecule has 0 radical (unpaired) electrons. The van der Waals surface area contributed by atoms with Gasteiger partial charge in [0.2, 0.25) is 5.91 Å². The normalized spacial score (nSPS) is 12.7. The SMILES string of the molecule is Cc1sc2nc(SCC(=O)N[C@H](C)c3cccs3)n(C(C)C)c(=O)c2c1C. The number of thiophene rings is 2. The molecule has 3 rings (SSSR count). The van der Waals surface area contributed by atoms with E-state index in [4.69, 9.17) is 4.98 Å². The molecule has 0 bridgehead atoms. The van der Waals surface area contributed by atoms with Crippen molar-refractivity contribution in [3.05, 3.63) is 43.2 Å². The molecule has 3 heterocycles. The maximum Gasteiger partial charge on any atom is 0.263 e. The van der Waals surface area contributed by atoms with Gasteiger partial charge in [0.25, 0.3) is 5.56 Å². The van der Waals surface area contributed by atoms with Crippen LogP contribution in [0.5, 0.6) is 0 Å². The zero-order valence-corrected chi connectivity index (χ0v) is 18.5. The molecule has 0 saturated heterocycles. The lowest BCUT2D eigenvalue weighted by atomic mass is 10.2. The van der Waals surface area contributed by atoms with Crippen molar-refractivity contribution >= 4 is 50.6 Å². The number of thioether (sulfide) groups is 1. The monoisotopic (exact) mass is 421 g/mol. The number of hydrogen-bond acceptors (Lipinski definition) is 6. The van der Waals surface area contributed by atoms with Gasteiger partial charge in [0.05, 0.1) is 17.2 Å². The van der Waals surface area contributed by atoms with Crippen LogP contribution in [0, 0.1) is 13.8 Å². The minimum atomic E-state index is -0.0657. The zero-order chi connectivity index (χ0) is 19.7. The molecule has 3 aromatic heterocycles. The van der Waals surface area contributed by atoms with Crippen molar-refractivity contribution in [2.75, 3.05) is 5.75 Å². The van der Waals surface area contributed by atoms with Crippen LogP contribution >= 0.6 is 34.4 Å². The Hall–Kier alpha value is -1.64. The third-order valence-electron chi connectivity index (χ3n) is 4.40. The van der Waals surface area contributed by atoms with E-state index in [0.29, 0.717) is 10.5 Å². The van der Waals surface area contributed by atoms with Crippen LogP contribution < -0.4 is 10.9 Å². The molecule has 27 heavy (non-hydrogen) atoms. The molecule has 0 fully saturated rings. The number of carbonyl (C=O) groups is 1. The molecule has 0 saturated carbocycles. The second kappa shape index (κ2) is 8.16. The molecule has 3 aromatic rings. The third kappa shape index (κ3) is 4.12. The molecule has 0 aliphatic rings. The van der Waals surface area contributed by atoms with Gasteiger partial charge in [0.15, 0.2) is 5.16 Å². The summed E-state index contributed by atoms with van der Waals surface area (Å²) in [6.07, 6.45) is 0. The van der Waals surface area contributed by atoms with E-state index >= 15 is 0 Å². The van der Waals surface area contributed by atoms with Crippen molar-refractivity contribution in [2.45, 2.75) is 51.9 Å². The van der Waals surface area contributed by atoms with E-state index in [2.05, 4.69) is 5.32 Å². The highest BCUT2D eigenvalue weighted by Crippen LogP contribution is 2.29. The summed E-state index contributed by atoms with van der Waals surface area (Å²) >= 11 is 4.47. The largest absolute Gasteiger partial charge is 0.348 e. The number of nitrogens with zero attached hydrogens (tertiary/aromatic N) is 2. The van der Waals surface area contributed by atoms with Gasteiger partial charge in [-0.1, -0.05) is 17.8 Å². The van der Waals surface area contributed by atoms with Crippen molar-refractivity contribution < 1.29 is 4.79 Å². The standard InChI is InChI=1S/C19H23N3O2S3/c1-10(2)22-18(24)16-11(3)13(5)27-17(16)21-19(22)26-9-15(23)20-12(4)14-7-6-8-25-14/h6-8,10,12H,9H2,1-5H3,(H,20,23)/t12-/m1/s1. The molecule has 8 heteroatoms. The lowest BCUT2D eigenvalue weighted by Crippen LogP contribution is -2.29. The number of carbonyl (C=O) groups excluding carboxylic acids is 1. The van der Waals surface area contributed by atoms with Crippen LogP contribution in [-0.4, -0.2) is 21.2 Å². The van der Waals surface area contributed by atoms with Gasteiger partial charge in [-0.3, -0.25) is 14.2 Å². The van der Waals surface area contributed by atoms with Gasteiger partial charge in [-0.2, -0.15) is 0 Å². The Morgan fingerprint density at radius 1 is 1.33 bits per heavy atom. The Morgan fingerprint density at radius 2 is 2.07 bits per heavy atom. The minimum Gasteiger partial charge on any atom is -0.348 e. The number of amides is 1. The van der Waals surface area contributed by atoms with Crippen molar-refractivity contribution in [2.24, 2.45) is 0 Å². The van der Waals surface area contributed by atoms with Gasteiger partial charge in [0, 0.05) is 15.8 Å². The Bertz CT molecular complexity index is 1020. The number of fused-ring (bicyclic) bond motifs is 1. The highest BCUT2D eigenvalue weighted by Gasteiger charge is 2.19. The van der Waals surface area contributed by atoms with E-state index in [1.54, 1.807) is 15.9 Å². The zero-order valence-electron chi connectivity index (χ0n) is 16.0. The molecule has 0 unspecified atom stereocenters. The summed E-state index contributed by atoms with van der Waals surface area (Å²) in [5.41, 5.74) is 0.979. The first-order chi connectivity index (χ1) is 12.8. The van der Waals surface area contributed by atoms with E-state index in [-0.39, 0.29) is 29.3 Å². The van der Waals surface area contributed by atoms with Gasteiger partial charge in [-0.25, -0.2) is 4.98 Å². The summed E-state index contributed by atoms with van der Waals surface area (Å²) in [5, 5.41) is 6.30. The van der Waals surface area contributed by atoms with Crippen molar-refractivity contribution in [3.63, 3.8) is 0 Å². The highest BCUT2D eigenvalue weighted by molar-refractivity contribution is 7.99. The molecule has 0 spiro atoms. The van der Waals surface area contributed by atoms with Crippen LogP contribution in [0.25, 0.3) is 10.2 Å². The smallest absolute Gasteiger partial charge is 0.263 e. The first-order valence-electron chi connectivity index (χ1n) is 8.77. The van der Waals surface area contributed by atoms with Crippen LogP contribution in [0.4, 0.5) is 0 Å². The Balaban J connectivity index is 1.83. The molecular weight excluding hydrogens is 398 g/mol. The molecule has 1 amide bonds. The summed E-state index contributed by atoms with van der Waals surface area (Å²) < 4.78 is 1.70. The number of aryl methyl sites for hydroxylation is 2. The van der Waals surface area contributed by atoms with E-state index in [0.717, 1.165) is 20.1 Å². The third-order valence-corrected chi connectivity index (χ3v) is 7.51. The lowest BCUT2D eigenvalue weighted by Gasteiger charge is -2.16. The Kier molecular flexibility index (Phi) is 6.08. The number of rotatable bonds is 6. The fourth-order valence-corrected chi connectivity index (χ4v) is 5.61. The summed E-state index contributed by atoms with van der Waals surface area (Å²) in [6.45, 7) is 9.88. The summed E-state index contributed by atoms with van der Waals surface area (Å²) in [7, 11) is 0. The van der Waals surface area contributed by atoms with E-state index in [1.165, 1.54) is 23.1 Å². The van der Waals surface area contributed by atoms with Gasteiger partial charge >= 0.3 is 0 Å². The van der Waals surface area contributed by atoms with Crippen LogP contribution in [-0.2, 0) is 4.79 Å². The fourth-order valence-electron chi connectivity index (χ4n) is 2.87. The van der Waals surface area contributed by atoms with Gasteiger partial charge in [-0.05, 0) is 51.6 Å².